The number of nitrogens with one attached hydrogen (secondary N) is 1. The highest BCUT2D eigenvalue weighted by atomic mass is 35.5. The number of hydrogen-bond donors (Lipinski definition) is 1. The molecule has 0 fully saturated rings. The smallest absolute Gasteiger partial charge is 0.142 e. The molecule has 0 radical (unpaired) electrons. The Morgan fingerprint density at radius 1 is 1.56 bits per heavy atom. The zero-order valence-electron chi connectivity index (χ0n) is 9.69. The summed E-state index contributed by atoms with van der Waals surface area (Å²) in [4.78, 5) is 0. The summed E-state index contributed by atoms with van der Waals surface area (Å²) in [5.41, 5.74) is 1.85. The molecule has 0 aliphatic rings. The van der Waals surface area contributed by atoms with Crippen LogP contribution in [0, 0.1) is 5.82 Å². The van der Waals surface area contributed by atoms with Gasteiger partial charge in [-0.1, -0.05) is 36.2 Å². The van der Waals surface area contributed by atoms with Gasteiger partial charge in [0, 0.05) is 6.04 Å². The second kappa shape index (κ2) is 6.02. The average molecular weight is 242 g/mol. The van der Waals surface area contributed by atoms with Gasteiger partial charge < -0.3 is 5.32 Å². The molecule has 1 aromatic carbocycles. The molecule has 0 bridgehead atoms. The molecule has 0 aliphatic carbocycles. The van der Waals surface area contributed by atoms with Gasteiger partial charge in [-0.15, -0.1) is 6.58 Å². The molecular weight excluding hydrogens is 225 g/mol. The van der Waals surface area contributed by atoms with Gasteiger partial charge in [-0.05, 0) is 31.5 Å². The van der Waals surface area contributed by atoms with Crippen LogP contribution in [-0.2, 0) is 0 Å². The van der Waals surface area contributed by atoms with Crippen LogP contribution in [0.2, 0.25) is 5.02 Å². The molecule has 0 aliphatic heterocycles. The molecule has 3 heteroatoms. The van der Waals surface area contributed by atoms with Gasteiger partial charge in [0.25, 0.3) is 0 Å². The number of halogens is 2. The lowest BCUT2D eigenvalue weighted by molar-refractivity contribution is 0.541. The minimum atomic E-state index is -0.371. The Hall–Kier alpha value is -0.860. The molecule has 0 spiro atoms. The fourth-order valence-electron chi connectivity index (χ4n) is 1.68. The molecule has 1 rings (SSSR count). The van der Waals surface area contributed by atoms with Crippen molar-refractivity contribution in [2.45, 2.75) is 26.3 Å². The SMILES string of the molecule is C=C(C)CC(NCC)c1cccc(F)c1Cl. The largest absolute Gasteiger partial charge is 0.310 e. The predicted molar refractivity (Wildman–Crippen MR) is 67.3 cm³/mol. The summed E-state index contributed by atoms with van der Waals surface area (Å²) in [6.07, 6.45) is 0.761. The fourth-order valence-corrected chi connectivity index (χ4v) is 1.93. The summed E-state index contributed by atoms with van der Waals surface area (Å²) in [5, 5.41) is 3.49. The molecule has 1 N–H and O–H groups in total. The monoisotopic (exact) mass is 241 g/mol. The highest BCUT2D eigenvalue weighted by Gasteiger charge is 2.15. The van der Waals surface area contributed by atoms with Gasteiger partial charge in [-0.2, -0.15) is 0 Å². The first kappa shape index (κ1) is 13.2. The van der Waals surface area contributed by atoms with Crippen molar-refractivity contribution in [1.29, 1.82) is 0 Å². The van der Waals surface area contributed by atoms with Crippen LogP contribution in [0.3, 0.4) is 0 Å². The van der Waals surface area contributed by atoms with E-state index in [1.165, 1.54) is 6.07 Å². The summed E-state index contributed by atoms with van der Waals surface area (Å²) >= 11 is 5.96. The predicted octanol–water partition coefficient (Wildman–Crippen LogP) is 4.10. The molecule has 0 heterocycles. The van der Waals surface area contributed by atoms with Crippen LogP contribution in [0.1, 0.15) is 31.9 Å². The van der Waals surface area contributed by atoms with Crippen LogP contribution in [0.4, 0.5) is 4.39 Å². The van der Waals surface area contributed by atoms with E-state index in [0.717, 1.165) is 24.1 Å². The van der Waals surface area contributed by atoms with Crippen LogP contribution < -0.4 is 5.32 Å². The molecule has 1 atom stereocenters. The summed E-state index contributed by atoms with van der Waals surface area (Å²) in [5.74, 6) is -0.371. The molecule has 0 saturated heterocycles. The van der Waals surface area contributed by atoms with Crippen molar-refractivity contribution < 1.29 is 4.39 Å². The molecule has 0 amide bonds. The molecule has 88 valence electrons. The van der Waals surface area contributed by atoms with E-state index in [0.29, 0.717) is 0 Å². The molecule has 1 unspecified atom stereocenters. The minimum absolute atomic E-state index is 0.0331. The van der Waals surface area contributed by atoms with Crippen molar-refractivity contribution in [3.63, 3.8) is 0 Å². The average Bonchev–Trinajstić information content (AvgIpc) is 2.21. The van der Waals surface area contributed by atoms with Gasteiger partial charge >= 0.3 is 0 Å². The Balaban J connectivity index is 3.00. The first-order valence-corrected chi connectivity index (χ1v) is 5.75. The third-order valence-electron chi connectivity index (χ3n) is 2.36. The maximum Gasteiger partial charge on any atom is 0.142 e. The van der Waals surface area contributed by atoms with Crippen molar-refractivity contribution in [2.24, 2.45) is 0 Å². The summed E-state index contributed by atoms with van der Waals surface area (Å²) in [6.45, 7) is 8.66. The summed E-state index contributed by atoms with van der Waals surface area (Å²) in [6, 6.07) is 4.93. The van der Waals surface area contributed by atoms with E-state index in [-0.39, 0.29) is 16.9 Å². The van der Waals surface area contributed by atoms with Crippen molar-refractivity contribution in [1.82, 2.24) is 5.32 Å². The van der Waals surface area contributed by atoms with Crippen LogP contribution in [0.25, 0.3) is 0 Å². The van der Waals surface area contributed by atoms with Gasteiger partial charge in [0.05, 0.1) is 5.02 Å². The molecule has 0 aromatic heterocycles. The molecule has 1 nitrogen and oxygen atoms in total. The van der Waals surface area contributed by atoms with E-state index in [2.05, 4.69) is 11.9 Å². The Labute approximate surface area is 101 Å². The Morgan fingerprint density at radius 2 is 2.25 bits per heavy atom. The quantitative estimate of drug-likeness (QED) is 0.766. The topological polar surface area (TPSA) is 12.0 Å². The molecule has 1 aromatic rings. The standard InChI is InChI=1S/C13H17ClFN/c1-4-16-12(8-9(2)3)10-6-5-7-11(15)13(10)14/h5-7,12,16H,2,4,8H2,1,3H3. The van der Waals surface area contributed by atoms with Crippen molar-refractivity contribution in [2.75, 3.05) is 6.54 Å². The van der Waals surface area contributed by atoms with Crippen LogP contribution in [0.5, 0.6) is 0 Å². The first-order chi connectivity index (χ1) is 7.56. The maximum absolute atomic E-state index is 13.3. The lowest BCUT2D eigenvalue weighted by atomic mass is 10.00. The van der Waals surface area contributed by atoms with E-state index in [1.54, 1.807) is 6.07 Å². The van der Waals surface area contributed by atoms with Crippen molar-refractivity contribution in [3.8, 4) is 0 Å². The lowest BCUT2D eigenvalue weighted by Crippen LogP contribution is -2.21. The second-order valence-electron chi connectivity index (χ2n) is 3.91. The normalized spacial score (nSPS) is 12.5. The van der Waals surface area contributed by atoms with E-state index < -0.39 is 0 Å². The van der Waals surface area contributed by atoms with Gasteiger partial charge in [0.2, 0.25) is 0 Å². The number of rotatable bonds is 5. The van der Waals surface area contributed by atoms with Crippen LogP contribution in [0.15, 0.2) is 30.4 Å². The minimum Gasteiger partial charge on any atom is -0.310 e. The Bertz CT molecular complexity index is 376. The fraction of sp³-hybridized carbons (Fsp3) is 0.385. The maximum atomic E-state index is 13.3. The third-order valence-corrected chi connectivity index (χ3v) is 2.76. The van der Waals surface area contributed by atoms with Gasteiger partial charge in [-0.3, -0.25) is 0 Å². The summed E-state index contributed by atoms with van der Waals surface area (Å²) in [7, 11) is 0. The lowest BCUT2D eigenvalue weighted by Gasteiger charge is -2.19. The van der Waals surface area contributed by atoms with Crippen LogP contribution in [-0.4, -0.2) is 6.54 Å². The van der Waals surface area contributed by atoms with Gasteiger partial charge in [-0.25, -0.2) is 4.39 Å². The highest BCUT2D eigenvalue weighted by Crippen LogP contribution is 2.29. The van der Waals surface area contributed by atoms with Crippen molar-refractivity contribution in [3.05, 3.63) is 46.8 Å². The molecule has 0 saturated carbocycles. The highest BCUT2D eigenvalue weighted by molar-refractivity contribution is 6.31. The van der Waals surface area contributed by atoms with E-state index in [1.807, 2.05) is 19.9 Å². The zero-order valence-corrected chi connectivity index (χ0v) is 10.4. The Kier molecular flexibility index (Phi) is 4.97. The molecule has 16 heavy (non-hydrogen) atoms. The third kappa shape index (κ3) is 3.32. The van der Waals surface area contributed by atoms with Gasteiger partial charge in [0.15, 0.2) is 0 Å². The Morgan fingerprint density at radius 3 is 2.81 bits per heavy atom. The number of benzene rings is 1. The van der Waals surface area contributed by atoms with Gasteiger partial charge in [0.1, 0.15) is 5.82 Å². The molecular formula is C13H17ClFN. The summed E-state index contributed by atoms with van der Waals surface area (Å²) < 4.78 is 13.3. The second-order valence-corrected chi connectivity index (χ2v) is 4.29. The van der Waals surface area contributed by atoms with E-state index in [4.69, 9.17) is 11.6 Å². The van der Waals surface area contributed by atoms with Crippen molar-refractivity contribution >= 4 is 11.6 Å². The number of hydrogen-bond acceptors (Lipinski definition) is 1. The zero-order chi connectivity index (χ0) is 12.1. The van der Waals surface area contributed by atoms with E-state index >= 15 is 0 Å². The van der Waals surface area contributed by atoms with E-state index in [9.17, 15) is 4.39 Å². The first-order valence-electron chi connectivity index (χ1n) is 5.38. The van der Waals surface area contributed by atoms with Crippen LogP contribution >= 0.6 is 11.6 Å².